The summed E-state index contributed by atoms with van der Waals surface area (Å²) in [6.45, 7) is 7.77. The van der Waals surface area contributed by atoms with E-state index in [0.29, 0.717) is 19.5 Å². The first-order valence-corrected chi connectivity index (χ1v) is 18.2. The highest BCUT2D eigenvalue weighted by Crippen LogP contribution is 2.42. The van der Waals surface area contributed by atoms with Gasteiger partial charge in [-0.25, -0.2) is 0 Å². The number of benzene rings is 4. The highest BCUT2D eigenvalue weighted by Gasteiger charge is 2.39. The summed E-state index contributed by atoms with van der Waals surface area (Å²) in [5.74, 6) is 0.0795. The second-order valence-electron chi connectivity index (χ2n) is 13.7. The molecule has 0 bridgehead atoms. The number of hydrogen-bond donors (Lipinski definition) is 3. The minimum Gasteiger partial charge on any atom is -0.392 e. The molecule has 1 aliphatic heterocycles. The summed E-state index contributed by atoms with van der Waals surface area (Å²) in [4.78, 5) is 25.8. The molecule has 4 aromatic carbocycles. The lowest BCUT2D eigenvalue weighted by Gasteiger charge is -2.43. The maximum Gasteiger partial charge on any atom is 0.220 e. The van der Waals surface area contributed by atoms with E-state index < -0.39 is 6.29 Å². The summed E-state index contributed by atoms with van der Waals surface area (Å²) >= 11 is 0. The van der Waals surface area contributed by atoms with Gasteiger partial charge in [-0.15, -0.1) is 0 Å². The molecule has 0 saturated carbocycles. The van der Waals surface area contributed by atoms with E-state index in [4.69, 9.17) is 9.47 Å². The van der Waals surface area contributed by atoms with Crippen molar-refractivity contribution in [1.29, 1.82) is 0 Å². The van der Waals surface area contributed by atoms with Crippen molar-refractivity contribution in [2.24, 2.45) is 5.92 Å². The number of carbonyl (C=O) groups is 2. The molecule has 1 saturated heterocycles. The number of ether oxygens (including phenoxy) is 2. The normalized spacial score (nSPS) is 19.4. The first-order chi connectivity index (χ1) is 24.7. The fourth-order valence-corrected chi connectivity index (χ4v) is 6.62. The lowest BCUT2D eigenvalue weighted by atomic mass is 9.89. The van der Waals surface area contributed by atoms with Crippen molar-refractivity contribution >= 4 is 11.8 Å². The number of amides is 2. The Kier molecular flexibility index (Phi) is 13.9. The van der Waals surface area contributed by atoms with Crippen molar-refractivity contribution in [3.05, 3.63) is 131 Å². The fraction of sp³-hybridized carbons (Fsp3) is 0.395. The smallest absolute Gasteiger partial charge is 0.220 e. The molecule has 5 rings (SSSR count). The van der Waals surface area contributed by atoms with Gasteiger partial charge in [0.05, 0.1) is 18.8 Å². The van der Waals surface area contributed by atoms with Crippen molar-refractivity contribution in [3.63, 3.8) is 0 Å². The minimum atomic E-state index is -0.574. The number of likely N-dealkylation sites (N-methyl/N-ethyl adjacent to an activating group) is 1. The molecule has 3 N–H and O–H groups in total. The molecule has 1 fully saturated rings. The van der Waals surface area contributed by atoms with E-state index in [2.05, 4.69) is 103 Å². The second kappa shape index (κ2) is 18.8. The van der Waals surface area contributed by atoms with Gasteiger partial charge in [-0.05, 0) is 72.3 Å². The van der Waals surface area contributed by atoms with Gasteiger partial charge in [0.1, 0.15) is 0 Å². The van der Waals surface area contributed by atoms with Gasteiger partial charge in [-0.1, -0.05) is 104 Å². The Hall–Kier alpha value is -4.34. The van der Waals surface area contributed by atoms with Crippen molar-refractivity contribution < 1.29 is 24.2 Å². The molecule has 2 amide bonds. The third-order valence-corrected chi connectivity index (χ3v) is 9.90. The van der Waals surface area contributed by atoms with Crippen LogP contribution in [0.2, 0.25) is 0 Å². The number of unbranched alkanes of at least 4 members (excludes halogenated alkanes) is 2. The molecular formula is C43H53N3O5. The van der Waals surface area contributed by atoms with Gasteiger partial charge in [-0.2, -0.15) is 0 Å². The van der Waals surface area contributed by atoms with E-state index in [0.717, 1.165) is 59.2 Å². The van der Waals surface area contributed by atoms with Gasteiger partial charge in [-0.3, -0.25) is 14.5 Å². The molecule has 0 radical (unpaired) electrons. The van der Waals surface area contributed by atoms with Gasteiger partial charge in [0.2, 0.25) is 11.8 Å². The van der Waals surface area contributed by atoms with E-state index in [-0.39, 0.29) is 42.6 Å². The number of nitrogens with one attached hydrogen (secondary N) is 2. The zero-order valence-corrected chi connectivity index (χ0v) is 30.4. The standard InChI is InChI=1S/C43H53N3O5/c1-30-40(28-46(4)31(2)35-14-7-5-8-15-35)50-43(51-42(30)36-22-20-33(29-47)21-23-36)39-18-12-17-38(26-39)37-16-11-13-34(25-37)27-45-41(49)19-9-6-10-24-44-32(3)48/h5,7-8,11-18,20-23,25-26,30-31,40,42-43,47H,6,9-10,19,24,27-29H2,1-4H3,(H,44,48)(H,45,49). The number of hydrogen-bond acceptors (Lipinski definition) is 6. The van der Waals surface area contributed by atoms with Crippen LogP contribution in [-0.2, 0) is 32.2 Å². The summed E-state index contributed by atoms with van der Waals surface area (Å²) in [6.07, 6.45) is 2.15. The van der Waals surface area contributed by atoms with Crippen LogP contribution in [-0.4, -0.2) is 48.1 Å². The summed E-state index contributed by atoms with van der Waals surface area (Å²) in [5.41, 5.74) is 7.25. The number of nitrogens with zero attached hydrogens (tertiary/aromatic N) is 1. The lowest BCUT2D eigenvalue weighted by molar-refractivity contribution is -0.276. The monoisotopic (exact) mass is 691 g/mol. The van der Waals surface area contributed by atoms with Gasteiger partial charge >= 0.3 is 0 Å². The Labute approximate surface area is 303 Å². The molecule has 0 aromatic heterocycles. The van der Waals surface area contributed by atoms with Gasteiger partial charge < -0.3 is 25.2 Å². The Balaban J connectivity index is 1.28. The van der Waals surface area contributed by atoms with Crippen molar-refractivity contribution in [2.75, 3.05) is 20.1 Å². The molecule has 1 aliphatic rings. The largest absolute Gasteiger partial charge is 0.392 e. The van der Waals surface area contributed by atoms with E-state index in [1.54, 1.807) is 0 Å². The third-order valence-electron chi connectivity index (χ3n) is 9.90. The van der Waals surface area contributed by atoms with Crippen LogP contribution in [0.1, 0.15) is 92.7 Å². The molecule has 51 heavy (non-hydrogen) atoms. The average molecular weight is 692 g/mol. The third kappa shape index (κ3) is 10.8. The number of aliphatic hydroxyl groups excluding tert-OH is 1. The summed E-state index contributed by atoms with van der Waals surface area (Å²) < 4.78 is 13.6. The topological polar surface area (TPSA) is 100 Å². The Morgan fingerprint density at radius 2 is 1.53 bits per heavy atom. The Bertz CT molecular complexity index is 1700. The Morgan fingerprint density at radius 1 is 0.804 bits per heavy atom. The molecule has 0 spiro atoms. The van der Waals surface area contributed by atoms with Crippen LogP contribution >= 0.6 is 0 Å². The summed E-state index contributed by atoms with van der Waals surface area (Å²) in [5, 5.41) is 15.5. The fourth-order valence-electron chi connectivity index (χ4n) is 6.62. The molecule has 270 valence electrons. The SMILES string of the molecule is CC(=O)NCCCCCC(=O)NCc1cccc(-c2cccc(C3OC(CN(C)C(C)c4ccccc4)C(C)C(c4ccc(CO)cc4)O3)c2)c1. The summed E-state index contributed by atoms with van der Waals surface area (Å²) in [6, 6.07) is 35.3. The van der Waals surface area contributed by atoms with Crippen molar-refractivity contribution in [3.8, 4) is 11.1 Å². The highest BCUT2D eigenvalue weighted by molar-refractivity contribution is 5.76. The van der Waals surface area contributed by atoms with Gasteiger partial charge in [0, 0.05) is 50.5 Å². The molecule has 8 heteroatoms. The first kappa shape index (κ1) is 37.9. The maximum absolute atomic E-state index is 12.5. The van der Waals surface area contributed by atoms with Crippen LogP contribution in [0.5, 0.6) is 0 Å². The van der Waals surface area contributed by atoms with Crippen molar-refractivity contribution in [1.82, 2.24) is 15.5 Å². The molecule has 8 nitrogen and oxygen atoms in total. The first-order valence-electron chi connectivity index (χ1n) is 18.2. The zero-order valence-electron chi connectivity index (χ0n) is 30.4. The van der Waals surface area contributed by atoms with Crippen LogP contribution in [0.25, 0.3) is 11.1 Å². The molecule has 1 heterocycles. The van der Waals surface area contributed by atoms with E-state index >= 15 is 0 Å². The number of aliphatic hydroxyl groups is 1. The van der Waals surface area contributed by atoms with Gasteiger partial charge in [0.15, 0.2) is 6.29 Å². The number of carbonyl (C=O) groups excluding carboxylic acids is 2. The van der Waals surface area contributed by atoms with Crippen LogP contribution < -0.4 is 10.6 Å². The minimum absolute atomic E-state index is 0.000373. The van der Waals surface area contributed by atoms with E-state index in [1.807, 2.05) is 36.4 Å². The van der Waals surface area contributed by atoms with Crippen LogP contribution in [0, 0.1) is 5.92 Å². The molecule has 4 aromatic rings. The molecular weight excluding hydrogens is 638 g/mol. The number of rotatable bonds is 16. The van der Waals surface area contributed by atoms with Gasteiger partial charge in [0.25, 0.3) is 0 Å². The zero-order chi connectivity index (χ0) is 36.2. The lowest BCUT2D eigenvalue weighted by Crippen LogP contribution is -2.44. The molecule has 0 aliphatic carbocycles. The van der Waals surface area contributed by atoms with Crippen LogP contribution in [0.3, 0.4) is 0 Å². The maximum atomic E-state index is 12.5. The quantitative estimate of drug-likeness (QED) is 0.105. The van der Waals surface area contributed by atoms with Crippen molar-refractivity contribution in [2.45, 2.75) is 84.1 Å². The second-order valence-corrected chi connectivity index (χ2v) is 13.7. The van der Waals surface area contributed by atoms with Crippen LogP contribution in [0.15, 0.2) is 103 Å². The van der Waals surface area contributed by atoms with E-state index in [9.17, 15) is 14.7 Å². The highest BCUT2D eigenvalue weighted by atomic mass is 16.7. The molecule has 5 atom stereocenters. The molecule has 5 unspecified atom stereocenters. The summed E-state index contributed by atoms with van der Waals surface area (Å²) in [7, 11) is 2.15. The Morgan fingerprint density at radius 3 is 2.25 bits per heavy atom. The van der Waals surface area contributed by atoms with Crippen LogP contribution in [0.4, 0.5) is 0 Å². The van der Waals surface area contributed by atoms with E-state index in [1.165, 1.54) is 12.5 Å². The predicted octanol–water partition coefficient (Wildman–Crippen LogP) is 7.64. The predicted molar refractivity (Wildman–Crippen MR) is 201 cm³/mol. The average Bonchev–Trinajstić information content (AvgIpc) is 3.16.